The fourth-order valence-corrected chi connectivity index (χ4v) is 1.52. The fourth-order valence-electron chi connectivity index (χ4n) is 1.52. The van der Waals surface area contributed by atoms with E-state index >= 15 is 0 Å². The first-order valence-corrected chi connectivity index (χ1v) is 6.27. The highest BCUT2D eigenvalue weighted by molar-refractivity contribution is 5.56. The van der Waals surface area contributed by atoms with Crippen LogP contribution >= 0.6 is 0 Å². The molecule has 0 heterocycles. The number of non-ortho nitro benzene ring substituents is 1. The lowest BCUT2D eigenvalue weighted by molar-refractivity contribution is -0.384. The van der Waals surface area contributed by atoms with Crippen molar-refractivity contribution in [1.29, 1.82) is 0 Å². The highest BCUT2D eigenvalue weighted by Crippen LogP contribution is 2.26. The molecule has 0 aromatic heterocycles. The van der Waals surface area contributed by atoms with E-state index in [1.54, 1.807) is 6.07 Å². The van der Waals surface area contributed by atoms with Gasteiger partial charge in [-0.05, 0) is 12.8 Å². The molecule has 19 heavy (non-hydrogen) atoms. The van der Waals surface area contributed by atoms with Crippen LogP contribution in [0.1, 0.15) is 26.2 Å². The lowest BCUT2D eigenvalue weighted by atomic mass is 10.2. The van der Waals surface area contributed by atoms with Gasteiger partial charge < -0.3 is 10.1 Å². The molecule has 1 N–H and O–H groups in total. The second-order valence-corrected chi connectivity index (χ2v) is 4.06. The van der Waals surface area contributed by atoms with Gasteiger partial charge in [0, 0.05) is 30.8 Å². The molecule has 0 aliphatic heterocycles. The summed E-state index contributed by atoms with van der Waals surface area (Å²) in [6, 6.07) is 4.69. The molecule has 0 saturated carbocycles. The minimum Gasteiger partial charge on any atom is -0.493 e. The van der Waals surface area contributed by atoms with Crippen LogP contribution in [0.4, 0.5) is 11.4 Å². The molecule has 0 aliphatic rings. The summed E-state index contributed by atoms with van der Waals surface area (Å²) in [4.78, 5) is 10.4. The van der Waals surface area contributed by atoms with Gasteiger partial charge in [0.05, 0.1) is 17.6 Å². The second-order valence-electron chi connectivity index (χ2n) is 4.06. The van der Waals surface area contributed by atoms with Crippen LogP contribution in [0, 0.1) is 22.5 Å². The molecule has 5 nitrogen and oxygen atoms in total. The Labute approximate surface area is 113 Å². The number of terminal acetylenes is 1. The number of nitrogens with one attached hydrogen (secondary N) is 1. The van der Waals surface area contributed by atoms with Gasteiger partial charge in [0.2, 0.25) is 0 Å². The van der Waals surface area contributed by atoms with Crippen molar-refractivity contribution in [2.75, 3.05) is 18.5 Å². The van der Waals surface area contributed by atoms with Crippen molar-refractivity contribution in [1.82, 2.24) is 0 Å². The zero-order chi connectivity index (χ0) is 14.1. The summed E-state index contributed by atoms with van der Waals surface area (Å²) in [5.41, 5.74) is 0.699. The summed E-state index contributed by atoms with van der Waals surface area (Å²) in [5.74, 6) is 3.06. The molecule has 0 amide bonds. The van der Waals surface area contributed by atoms with Crippen molar-refractivity contribution >= 4 is 11.4 Å². The van der Waals surface area contributed by atoms with E-state index in [1.807, 2.05) is 6.92 Å². The number of nitrogens with zero attached hydrogens (tertiary/aromatic N) is 1. The van der Waals surface area contributed by atoms with Gasteiger partial charge in [-0.25, -0.2) is 0 Å². The quantitative estimate of drug-likeness (QED) is 0.338. The molecular weight excluding hydrogens is 244 g/mol. The molecule has 0 aliphatic carbocycles. The largest absolute Gasteiger partial charge is 0.493 e. The Morgan fingerprint density at radius 2 is 2.26 bits per heavy atom. The normalized spacial score (nSPS) is 9.68. The van der Waals surface area contributed by atoms with Crippen molar-refractivity contribution < 1.29 is 9.66 Å². The van der Waals surface area contributed by atoms with Gasteiger partial charge in [-0.15, -0.1) is 12.3 Å². The Balaban J connectivity index is 2.75. The molecule has 1 rings (SSSR count). The Bertz CT molecular complexity index is 466. The van der Waals surface area contributed by atoms with Gasteiger partial charge in [0.25, 0.3) is 5.69 Å². The number of hydrogen-bond donors (Lipinski definition) is 1. The molecular formula is C14H18N2O3. The van der Waals surface area contributed by atoms with Crippen LogP contribution in [0.25, 0.3) is 0 Å². The van der Waals surface area contributed by atoms with Crippen molar-refractivity contribution in [2.45, 2.75) is 26.2 Å². The van der Waals surface area contributed by atoms with Crippen LogP contribution < -0.4 is 10.1 Å². The maximum Gasteiger partial charge on any atom is 0.275 e. The van der Waals surface area contributed by atoms with E-state index < -0.39 is 4.92 Å². The molecule has 1 aromatic rings. The van der Waals surface area contributed by atoms with E-state index in [4.69, 9.17) is 11.2 Å². The SMILES string of the molecule is C#CCCCNc1cc(OCCC)cc([N+](=O)[O-])c1. The Hall–Kier alpha value is -2.22. The highest BCUT2D eigenvalue weighted by atomic mass is 16.6. The molecule has 102 valence electrons. The first-order valence-electron chi connectivity index (χ1n) is 6.27. The molecule has 0 unspecified atom stereocenters. The summed E-state index contributed by atoms with van der Waals surface area (Å²) < 4.78 is 5.44. The number of benzene rings is 1. The van der Waals surface area contributed by atoms with E-state index in [-0.39, 0.29) is 5.69 Å². The lowest BCUT2D eigenvalue weighted by Gasteiger charge is -2.09. The average molecular weight is 262 g/mol. The minimum absolute atomic E-state index is 0.0213. The third-order valence-corrected chi connectivity index (χ3v) is 2.40. The predicted octanol–water partition coefficient (Wildman–Crippen LogP) is 3.21. The third-order valence-electron chi connectivity index (χ3n) is 2.40. The van der Waals surface area contributed by atoms with E-state index in [1.165, 1.54) is 12.1 Å². The molecule has 0 saturated heterocycles. The number of nitro groups is 1. The van der Waals surface area contributed by atoms with Crippen molar-refractivity contribution in [2.24, 2.45) is 0 Å². The van der Waals surface area contributed by atoms with Gasteiger partial charge in [-0.3, -0.25) is 10.1 Å². The van der Waals surface area contributed by atoms with Gasteiger partial charge in [0.1, 0.15) is 5.75 Å². The molecule has 0 atom stereocenters. The van der Waals surface area contributed by atoms with E-state index in [0.717, 1.165) is 12.8 Å². The van der Waals surface area contributed by atoms with Crippen molar-refractivity contribution in [3.8, 4) is 18.1 Å². The van der Waals surface area contributed by atoms with E-state index in [2.05, 4.69) is 11.2 Å². The molecule has 1 aromatic carbocycles. The van der Waals surface area contributed by atoms with Crippen molar-refractivity contribution in [3.05, 3.63) is 28.3 Å². The minimum atomic E-state index is -0.425. The number of ether oxygens (including phenoxy) is 1. The topological polar surface area (TPSA) is 64.4 Å². The van der Waals surface area contributed by atoms with Crippen LogP contribution in [0.2, 0.25) is 0 Å². The molecule has 5 heteroatoms. The monoisotopic (exact) mass is 262 g/mol. The van der Waals surface area contributed by atoms with E-state index in [9.17, 15) is 10.1 Å². The summed E-state index contributed by atoms with van der Waals surface area (Å²) in [7, 11) is 0. The van der Waals surface area contributed by atoms with Crippen LogP contribution in [0.15, 0.2) is 18.2 Å². The lowest BCUT2D eigenvalue weighted by Crippen LogP contribution is -2.03. The van der Waals surface area contributed by atoms with Crippen LogP contribution in [0.5, 0.6) is 5.75 Å². The Morgan fingerprint density at radius 3 is 2.89 bits per heavy atom. The maximum atomic E-state index is 10.9. The standard InChI is InChI=1S/C14H18N2O3/c1-3-5-6-7-15-12-9-13(16(17)18)11-14(10-12)19-8-4-2/h1,9-11,15H,4-8H2,2H3. The fraction of sp³-hybridized carbons (Fsp3) is 0.429. The number of rotatable bonds is 8. The van der Waals surface area contributed by atoms with Crippen LogP contribution in [-0.2, 0) is 0 Å². The third kappa shape index (κ3) is 5.30. The molecule has 0 spiro atoms. The second kappa shape index (κ2) is 7.98. The van der Waals surface area contributed by atoms with Gasteiger partial charge >= 0.3 is 0 Å². The number of anilines is 1. The number of hydrogen-bond acceptors (Lipinski definition) is 4. The summed E-state index contributed by atoms with van der Waals surface area (Å²) in [5, 5.41) is 14.0. The molecule has 0 bridgehead atoms. The molecule has 0 fully saturated rings. The van der Waals surface area contributed by atoms with E-state index in [0.29, 0.717) is 31.0 Å². The first kappa shape index (κ1) is 14.8. The van der Waals surface area contributed by atoms with Crippen LogP contribution in [-0.4, -0.2) is 18.1 Å². The Morgan fingerprint density at radius 1 is 1.47 bits per heavy atom. The van der Waals surface area contributed by atoms with Gasteiger partial charge in [-0.2, -0.15) is 0 Å². The maximum absolute atomic E-state index is 10.9. The molecule has 0 radical (unpaired) electrons. The first-order chi connectivity index (χ1) is 9.17. The summed E-state index contributed by atoms with van der Waals surface area (Å²) >= 11 is 0. The van der Waals surface area contributed by atoms with Gasteiger partial charge in [-0.1, -0.05) is 6.92 Å². The predicted molar refractivity (Wildman–Crippen MR) is 75.4 cm³/mol. The number of unbranched alkanes of at least 4 members (excludes halogenated alkanes) is 1. The zero-order valence-corrected chi connectivity index (χ0v) is 11.0. The van der Waals surface area contributed by atoms with Gasteiger partial charge in [0.15, 0.2) is 0 Å². The summed E-state index contributed by atoms with van der Waals surface area (Å²) in [6.07, 6.45) is 7.52. The van der Waals surface area contributed by atoms with Crippen molar-refractivity contribution in [3.63, 3.8) is 0 Å². The summed E-state index contributed by atoms with van der Waals surface area (Å²) in [6.45, 7) is 3.20. The number of nitro benzene ring substituents is 1. The highest BCUT2D eigenvalue weighted by Gasteiger charge is 2.10. The Kier molecular flexibility index (Phi) is 6.23. The average Bonchev–Trinajstić information content (AvgIpc) is 2.41. The zero-order valence-electron chi connectivity index (χ0n) is 11.0. The van der Waals surface area contributed by atoms with Crippen LogP contribution in [0.3, 0.4) is 0 Å². The smallest absolute Gasteiger partial charge is 0.275 e.